The van der Waals surface area contributed by atoms with Crippen molar-refractivity contribution < 1.29 is 14.4 Å². The van der Waals surface area contributed by atoms with Crippen molar-refractivity contribution in [1.29, 1.82) is 0 Å². The van der Waals surface area contributed by atoms with E-state index >= 15 is 0 Å². The van der Waals surface area contributed by atoms with Gasteiger partial charge in [0.25, 0.3) is 11.8 Å². The lowest BCUT2D eigenvalue weighted by Gasteiger charge is -2.40. The van der Waals surface area contributed by atoms with E-state index in [2.05, 4.69) is 15.7 Å². The van der Waals surface area contributed by atoms with Crippen LogP contribution in [0.25, 0.3) is 0 Å². The van der Waals surface area contributed by atoms with Gasteiger partial charge in [-0.3, -0.25) is 19.1 Å². The quantitative estimate of drug-likeness (QED) is 0.592. The van der Waals surface area contributed by atoms with Crippen molar-refractivity contribution in [2.45, 2.75) is 45.9 Å². The van der Waals surface area contributed by atoms with Crippen LogP contribution in [0.15, 0.2) is 54.6 Å². The summed E-state index contributed by atoms with van der Waals surface area (Å²) in [6.07, 6.45) is 0. The molecule has 1 unspecified atom stereocenters. The number of hydrogen-bond donors (Lipinski definition) is 2. The van der Waals surface area contributed by atoms with Gasteiger partial charge in [-0.15, -0.1) is 0 Å². The topological polar surface area (TPSA) is 96.3 Å². The minimum Gasteiger partial charge on any atom is -0.350 e. The normalized spacial score (nSPS) is 17.3. The van der Waals surface area contributed by atoms with Crippen LogP contribution in [0.2, 0.25) is 0 Å². The van der Waals surface area contributed by atoms with Gasteiger partial charge in [0.15, 0.2) is 5.69 Å². The molecule has 176 valence electrons. The van der Waals surface area contributed by atoms with Gasteiger partial charge in [0.1, 0.15) is 11.2 Å². The van der Waals surface area contributed by atoms with E-state index in [1.54, 1.807) is 14.0 Å². The zero-order valence-corrected chi connectivity index (χ0v) is 19.9. The smallest absolute Gasteiger partial charge is 0.272 e. The van der Waals surface area contributed by atoms with Crippen LogP contribution in [0.3, 0.4) is 0 Å². The molecule has 0 bridgehead atoms. The van der Waals surface area contributed by atoms with E-state index in [1.807, 2.05) is 62.4 Å². The van der Waals surface area contributed by atoms with Gasteiger partial charge in [0.2, 0.25) is 5.91 Å². The summed E-state index contributed by atoms with van der Waals surface area (Å²) < 4.78 is 1.45. The first-order valence-corrected chi connectivity index (χ1v) is 11.2. The summed E-state index contributed by atoms with van der Waals surface area (Å²) in [7, 11) is 1.60. The van der Waals surface area contributed by atoms with E-state index in [4.69, 9.17) is 0 Å². The Kier molecular flexibility index (Phi) is 6.24. The van der Waals surface area contributed by atoms with Crippen molar-refractivity contribution in [2.24, 2.45) is 0 Å². The summed E-state index contributed by atoms with van der Waals surface area (Å²) in [4.78, 5) is 40.3. The highest BCUT2D eigenvalue weighted by molar-refractivity contribution is 6.01. The van der Waals surface area contributed by atoms with Crippen LogP contribution in [-0.4, -0.2) is 45.0 Å². The van der Waals surface area contributed by atoms with Gasteiger partial charge in [-0.25, -0.2) is 0 Å². The second-order valence-electron chi connectivity index (χ2n) is 9.05. The number of rotatable bonds is 6. The Labute approximate surface area is 199 Å². The zero-order valence-electron chi connectivity index (χ0n) is 19.9. The van der Waals surface area contributed by atoms with Gasteiger partial charge < -0.3 is 15.5 Å². The third-order valence-electron chi connectivity index (χ3n) is 6.37. The van der Waals surface area contributed by atoms with Crippen molar-refractivity contribution >= 4 is 17.7 Å². The highest BCUT2D eigenvalue weighted by atomic mass is 16.2. The van der Waals surface area contributed by atoms with Gasteiger partial charge in [-0.1, -0.05) is 59.7 Å². The van der Waals surface area contributed by atoms with Gasteiger partial charge in [0, 0.05) is 26.2 Å². The Hall–Kier alpha value is -3.94. The Balaban J connectivity index is 1.46. The molecule has 0 radical (unpaired) electrons. The first kappa shape index (κ1) is 23.2. The molecule has 0 fully saturated rings. The lowest BCUT2D eigenvalue weighted by atomic mass is 9.95. The molecular weight excluding hydrogens is 430 g/mol. The van der Waals surface area contributed by atoms with Crippen molar-refractivity contribution in [2.75, 3.05) is 7.05 Å². The second-order valence-corrected chi connectivity index (χ2v) is 9.05. The molecule has 2 aromatic carbocycles. The molecule has 0 spiro atoms. The standard InChI is InChI=1S/C26H29N5O3/c1-17-5-9-19(10-6-17)14-27-23(32)21-13-22-24(33)30(4)26(3,16-31(22)29-21)25(34)28-15-20-11-7-18(2)8-12-20/h5-13H,14-16H2,1-4H3,(H,27,32)(H,28,34). The molecule has 8 nitrogen and oxygen atoms in total. The number of carbonyl (C=O) groups is 3. The summed E-state index contributed by atoms with van der Waals surface area (Å²) in [5.74, 6) is -1.01. The molecule has 2 N–H and O–H groups in total. The van der Waals surface area contributed by atoms with Crippen LogP contribution in [0.4, 0.5) is 0 Å². The fourth-order valence-electron chi connectivity index (χ4n) is 3.90. The first-order chi connectivity index (χ1) is 16.2. The van der Waals surface area contributed by atoms with Crippen LogP contribution >= 0.6 is 0 Å². The number of hydrogen-bond acceptors (Lipinski definition) is 4. The molecular formula is C26H29N5O3. The SMILES string of the molecule is Cc1ccc(CNC(=O)c2cc3n(n2)CC(C)(C(=O)NCc2ccc(C)cc2)N(C)C3=O)cc1. The monoisotopic (exact) mass is 459 g/mol. The molecule has 1 aromatic heterocycles. The first-order valence-electron chi connectivity index (χ1n) is 11.2. The van der Waals surface area contributed by atoms with Gasteiger partial charge >= 0.3 is 0 Å². The highest BCUT2D eigenvalue weighted by Crippen LogP contribution is 2.26. The molecule has 1 atom stereocenters. The lowest BCUT2D eigenvalue weighted by molar-refractivity contribution is -0.132. The summed E-state index contributed by atoms with van der Waals surface area (Å²) in [6.45, 7) is 6.57. The average molecular weight is 460 g/mol. The summed E-state index contributed by atoms with van der Waals surface area (Å²) >= 11 is 0. The number of nitrogens with one attached hydrogen (secondary N) is 2. The zero-order chi connectivity index (χ0) is 24.5. The minimum atomic E-state index is -1.14. The maximum Gasteiger partial charge on any atom is 0.272 e. The molecule has 34 heavy (non-hydrogen) atoms. The number of fused-ring (bicyclic) bond motifs is 1. The van der Waals surface area contributed by atoms with Crippen LogP contribution in [0.5, 0.6) is 0 Å². The fourth-order valence-corrected chi connectivity index (χ4v) is 3.90. The van der Waals surface area contributed by atoms with Crippen molar-refractivity contribution in [3.05, 3.63) is 88.2 Å². The number of likely N-dealkylation sites (N-methyl/N-ethyl adjacent to an activating group) is 1. The molecule has 0 saturated carbocycles. The van der Waals surface area contributed by atoms with Crippen LogP contribution < -0.4 is 10.6 Å². The van der Waals surface area contributed by atoms with Crippen LogP contribution in [-0.2, 0) is 24.4 Å². The third-order valence-corrected chi connectivity index (χ3v) is 6.37. The van der Waals surface area contributed by atoms with Crippen molar-refractivity contribution in [3.8, 4) is 0 Å². The number of carbonyl (C=O) groups excluding carboxylic acids is 3. The molecule has 1 aliphatic heterocycles. The molecule has 0 aliphatic carbocycles. The Morgan fingerprint density at radius 1 is 0.941 bits per heavy atom. The number of aryl methyl sites for hydroxylation is 2. The van der Waals surface area contributed by atoms with E-state index in [0.717, 1.165) is 22.3 Å². The molecule has 1 aliphatic rings. The molecule has 4 rings (SSSR count). The van der Waals surface area contributed by atoms with Gasteiger partial charge in [0.05, 0.1) is 6.54 Å². The maximum absolute atomic E-state index is 13.1. The number of nitrogens with zero attached hydrogens (tertiary/aromatic N) is 3. The molecule has 8 heteroatoms. The van der Waals surface area contributed by atoms with E-state index in [1.165, 1.54) is 15.6 Å². The fraction of sp³-hybridized carbons (Fsp3) is 0.308. The summed E-state index contributed by atoms with van der Waals surface area (Å²) in [5, 5.41) is 10.1. The van der Waals surface area contributed by atoms with Gasteiger partial charge in [-0.05, 0) is 31.9 Å². The number of aromatic nitrogens is 2. The van der Waals surface area contributed by atoms with Crippen molar-refractivity contribution in [3.63, 3.8) is 0 Å². The lowest BCUT2D eigenvalue weighted by Crippen LogP contribution is -2.62. The van der Waals surface area contributed by atoms with E-state index in [-0.39, 0.29) is 35.7 Å². The Morgan fingerprint density at radius 2 is 1.47 bits per heavy atom. The molecule has 0 saturated heterocycles. The summed E-state index contributed by atoms with van der Waals surface area (Å²) in [5.41, 5.74) is 3.52. The Bertz CT molecular complexity index is 1230. The third kappa shape index (κ3) is 4.57. The largest absolute Gasteiger partial charge is 0.350 e. The van der Waals surface area contributed by atoms with Crippen LogP contribution in [0, 0.1) is 13.8 Å². The van der Waals surface area contributed by atoms with Crippen molar-refractivity contribution in [1.82, 2.24) is 25.3 Å². The number of amides is 3. The van der Waals surface area contributed by atoms with E-state index < -0.39 is 5.54 Å². The van der Waals surface area contributed by atoms with Gasteiger partial charge in [-0.2, -0.15) is 5.10 Å². The number of benzene rings is 2. The molecule has 3 aromatic rings. The van der Waals surface area contributed by atoms with E-state index in [9.17, 15) is 14.4 Å². The second kappa shape index (κ2) is 9.13. The summed E-state index contributed by atoms with van der Waals surface area (Å²) in [6, 6.07) is 17.2. The van der Waals surface area contributed by atoms with Crippen LogP contribution in [0.1, 0.15) is 50.2 Å². The maximum atomic E-state index is 13.1. The molecule has 3 amide bonds. The average Bonchev–Trinajstić information content (AvgIpc) is 3.25. The highest BCUT2D eigenvalue weighted by Gasteiger charge is 2.46. The Morgan fingerprint density at radius 3 is 2.03 bits per heavy atom. The predicted molar refractivity (Wildman–Crippen MR) is 128 cm³/mol. The van der Waals surface area contributed by atoms with E-state index in [0.29, 0.717) is 13.1 Å². The minimum absolute atomic E-state index is 0.146. The predicted octanol–water partition coefficient (Wildman–Crippen LogP) is 2.59. The molecule has 2 heterocycles.